The lowest BCUT2D eigenvalue weighted by atomic mass is 10.2. The van der Waals surface area contributed by atoms with E-state index in [9.17, 15) is 4.79 Å². The van der Waals surface area contributed by atoms with Gasteiger partial charge in [-0.05, 0) is 19.1 Å². The molecule has 74 valence electrons. The van der Waals surface area contributed by atoms with E-state index < -0.39 is 0 Å². The van der Waals surface area contributed by atoms with Crippen molar-refractivity contribution in [2.24, 2.45) is 0 Å². The third kappa shape index (κ3) is 1.61. The lowest BCUT2D eigenvalue weighted by Crippen LogP contribution is -2.34. The average Bonchev–Trinajstić information content (AvgIpc) is 2.65. The molecule has 1 fully saturated rings. The van der Waals surface area contributed by atoms with Crippen LogP contribution in [0.4, 0.5) is 0 Å². The van der Waals surface area contributed by atoms with Crippen molar-refractivity contribution < 1.29 is 9.53 Å². The minimum Gasteiger partial charge on any atom is -0.357 e. The molecule has 1 aliphatic heterocycles. The fourth-order valence-corrected chi connectivity index (χ4v) is 1.52. The molecule has 0 N–H and O–H groups in total. The highest BCUT2D eigenvalue weighted by atomic mass is 16.5. The van der Waals surface area contributed by atoms with E-state index in [1.54, 1.807) is 29.4 Å². The van der Waals surface area contributed by atoms with Crippen LogP contribution in [0.1, 0.15) is 17.3 Å². The molecule has 4 nitrogen and oxygen atoms in total. The van der Waals surface area contributed by atoms with Crippen molar-refractivity contribution in [2.45, 2.75) is 13.2 Å². The van der Waals surface area contributed by atoms with Crippen LogP contribution in [-0.4, -0.2) is 35.2 Å². The van der Waals surface area contributed by atoms with Gasteiger partial charge in [-0.2, -0.15) is 0 Å². The van der Waals surface area contributed by atoms with Crippen LogP contribution in [0.3, 0.4) is 0 Å². The highest BCUT2D eigenvalue weighted by molar-refractivity contribution is 5.94. The zero-order chi connectivity index (χ0) is 9.97. The number of nitrogens with zero attached hydrogens (tertiary/aromatic N) is 2. The van der Waals surface area contributed by atoms with Gasteiger partial charge in [0.25, 0.3) is 5.91 Å². The predicted octanol–water partition coefficient (Wildman–Crippen LogP) is 0.900. The Morgan fingerprint density at radius 2 is 2.57 bits per heavy atom. The van der Waals surface area contributed by atoms with Gasteiger partial charge in [-0.25, -0.2) is 0 Å². The molecule has 0 spiro atoms. The van der Waals surface area contributed by atoms with Crippen molar-refractivity contribution in [3.8, 4) is 0 Å². The summed E-state index contributed by atoms with van der Waals surface area (Å²) in [5.74, 6) is -0.0110. The molecule has 1 amide bonds. The van der Waals surface area contributed by atoms with Crippen LogP contribution in [0, 0.1) is 0 Å². The number of carbonyl (C=O) groups excluding carboxylic acids is 1. The summed E-state index contributed by atoms with van der Waals surface area (Å²) in [6.07, 6.45) is 3.11. The molecule has 1 aromatic rings. The second-order valence-corrected chi connectivity index (χ2v) is 3.21. The summed E-state index contributed by atoms with van der Waals surface area (Å²) in [4.78, 5) is 17.5. The van der Waals surface area contributed by atoms with Crippen LogP contribution in [0.15, 0.2) is 24.5 Å². The van der Waals surface area contributed by atoms with Crippen LogP contribution in [-0.2, 0) is 4.74 Å². The van der Waals surface area contributed by atoms with Crippen molar-refractivity contribution in [1.82, 2.24) is 9.88 Å². The van der Waals surface area contributed by atoms with E-state index in [2.05, 4.69) is 4.98 Å². The maximum atomic E-state index is 11.9. The molecule has 1 unspecified atom stereocenters. The van der Waals surface area contributed by atoms with Gasteiger partial charge in [0.05, 0.1) is 12.2 Å². The third-order valence-corrected chi connectivity index (χ3v) is 2.30. The maximum absolute atomic E-state index is 11.9. The summed E-state index contributed by atoms with van der Waals surface area (Å²) in [6.45, 7) is 3.16. The minimum absolute atomic E-state index is 0.0110. The van der Waals surface area contributed by atoms with Crippen molar-refractivity contribution >= 4 is 5.91 Å². The lowest BCUT2D eigenvalue weighted by molar-refractivity contribution is 0.0377. The molecule has 1 aromatic heterocycles. The van der Waals surface area contributed by atoms with E-state index in [0.717, 1.165) is 0 Å². The monoisotopic (exact) mass is 192 g/mol. The Kier molecular flexibility index (Phi) is 2.45. The van der Waals surface area contributed by atoms with Gasteiger partial charge >= 0.3 is 0 Å². The second-order valence-electron chi connectivity index (χ2n) is 3.21. The fraction of sp³-hybridized carbons (Fsp3) is 0.400. The summed E-state index contributed by atoms with van der Waals surface area (Å²) in [5.41, 5.74) is 0.616. The van der Waals surface area contributed by atoms with E-state index in [1.807, 2.05) is 6.92 Å². The molecule has 1 atom stereocenters. The smallest absolute Gasteiger partial charge is 0.257 e. The number of aromatic nitrogens is 1. The Labute approximate surface area is 82.5 Å². The van der Waals surface area contributed by atoms with E-state index in [-0.39, 0.29) is 12.1 Å². The Morgan fingerprint density at radius 1 is 1.71 bits per heavy atom. The molecule has 0 saturated carbocycles. The average molecular weight is 192 g/mol. The summed E-state index contributed by atoms with van der Waals surface area (Å²) >= 11 is 0. The van der Waals surface area contributed by atoms with E-state index in [4.69, 9.17) is 4.74 Å². The van der Waals surface area contributed by atoms with Gasteiger partial charge in [-0.3, -0.25) is 9.78 Å². The zero-order valence-corrected chi connectivity index (χ0v) is 8.01. The minimum atomic E-state index is -0.122. The van der Waals surface area contributed by atoms with Crippen molar-refractivity contribution in [1.29, 1.82) is 0 Å². The lowest BCUT2D eigenvalue weighted by Gasteiger charge is -2.19. The highest BCUT2D eigenvalue weighted by Crippen LogP contribution is 2.13. The van der Waals surface area contributed by atoms with Gasteiger partial charge in [0.1, 0.15) is 6.23 Å². The van der Waals surface area contributed by atoms with Crippen molar-refractivity contribution in [2.75, 3.05) is 13.2 Å². The van der Waals surface area contributed by atoms with E-state index in [1.165, 1.54) is 0 Å². The molecule has 14 heavy (non-hydrogen) atoms. The van der Waals surface area contributed by atoms with Gasteiger partial charge < -0.3 is 9.64 Å². The third-order valence-electron chi connectivity index (χ3n) is 2.30. The van der Waals surface area contributed by atoms with Gasteiger partial charge in [-0.1, -0.05) is 0 Å². The van der Waals surface area contributed by atoms with E-state index >= 15 is 0 Å². The van der Waals surface area contributed by atoms with Crippen LogP contribution in [0.5, 0.6) is 0 Å². The van der Waals surface area contributed by atoms with Crippen LogP contribution < -0.4 is 0 Å². The molecule has 0 bridgehead atoms. The fourth-order valence-electron chi connectivity index (χ4n) is 1.52. The number of hydrogen-bond donors (Lipinski definition) is 0. The number of pyridine rings is 1. The van der Waals surface area contributed by atoms with Crippen molar-refractivity contribution in [3.05, 3.63) is 30.1 Å². The first kappa shape index (κ1) is 9.15. The Morgan fingerprint density at radius 3 is 3.14 bits per heavy atom. The number of rotatable bonds is 1. The van der Waals surface area contributed by atoms with Crippen LogP contribution in [0.2, 0.25) is 0 Å². The molecule has 2 heterocycles. The number of amides is 1. The molecular formula is C10H12N2O2. The van der Waals surface area contributed by atoms with Gasteiger partial charge in [-0.15, -0.1) is 0 Å². The zero-order valence-electron chi connectivity index (χ0n) is 8.01. The van der Waals surface area contributed by atoms with Gasteiger partial charge in [0.15, 0.2) is 0 Å². The first-order valence-electron chi connectivity index (χ1n) is 4.61. The summed E-state index contributed by atoms with van der Waals surface area (Å²) < 4.78 is 5.29. The molecule has 1 saturated heterocycles. The van der Waals surface area contributed by atoms with Crippen molar-refractivity contribution in [3.63, 3.8) is 0 Å². The van der Waals surface area contributed by atoms with Gasteiger partial charge in [0, 0.05) is 18.9 Å². The quantitative estimate of drug-likeness (QED) is 0.664. The molecule has 0 radical (unpaired) electrons. The van der Waals surface area contributed by atoms with Crippen LogP contribution >= 0.6 is 0 Å². The Bertz CT molecular complexity index is 326. The summed E-state index contributed by atoms with van der Waals surface area (Å²) in [7, 11) is 0. The summed E-state index contributed by atoms with van der Waals surface area (Å²) in [6, 6.07) is 3.52. The summed E-state index contributed by atoms with van der Waals surface area (Å²) in [5, 5.41) is 0. The Hall–Kier alpha value is -1.42. The van der Waals surface area contributed by atoms with E-state index in [0.29, 0.717) is 18.7 Å². The second kappa shape index (κ2) is 3.75. The highest BCUT2D eigenvalue weighted by Gasteiger charge is 2.26. The SMILES string of the molecule is CC1OCCN1C(=O)c1cccnc1. The molecule has 4 heteroatoms. The molecule has 0 aliphatic carbocycles. The molecule has 1 aliphatic rings. The topological polar surface area (TPSA) is 42.4 Å². The number of carbonyl (C=O) groups is 1. The van der Waals surface area contributed by atoms with Gasteiger partial charge in [0.2, 0.25) is 0 Å². The maximum Gasteiger partial charge on any atom is 0.257 e. The number of hydrogen-bond acceptors (Lipinski definition) is 3. The largest absolute Gasteiger partial charge is 0.357 e. The predicted molar refractivity (Wildman–Crippen MR) is 50.7 cm³/mol. The molecule has 0 aromatic carbocycles. The number of ether oxygens (including phenoxy) is 1. The van der Waals surface area contributed by atoms with Crippen LogP contribution in [0.25, 0.3) is 0 Å². The normalized spacial score (nSPS) is 21.2. The first-order chi connectivity index (χ1) is 6.79. The molecular weight excluding hydrogens is 180 g/mol. The molecule has 2 rings (SSSR count). The first-order valence-corrected chi connectivity index (χ1v) is 4.61. The Balaban J connectivity index is 2.16. The standard InChI is InChI=1S/C10H12N2O2/c1-8-12(5-6-14-8)10(13)9-3-2-4-11-7-9/h2-4,7-8H,5-6H2,1H3.